The van der Waals surface area contributed by atoms with Crippen LogP contribution in [0.5, 0.6) is 0 Å². The molecule has 7 heteroatoms. The molecule has 0 aliphatic rings. The van der Waals surface area contributed by atoms with E-state index in [1.54, 1.807) is 0 Å². The van der Waals surface area contributed by atoms with E-state index in [4.69, 9.17) is 10.1 Å². The van der Waals surface area contributed by atoms with Crippen LogP contribution in [0.15, 0.2) is 59.1 Å². The van der Waals surface area contributed by atoms with E-state index in [1.165, 1.54) is 19.9 Å². The Labute approximate surface area is 194 Å². The summed E-state index contributed by atoms with van der Waals surface area (Å²) < 4.78 is 2.00. The maximum absolute atomic E-state index is 12.4. The van der Waals surface area contributed by atoms with E-state index in [0.717, 1.165) is 22.2 Å². The van der Waals surface area contributed by atoms with Crippen LogP contribution in [0.25, 0.3) is 27.5 Å². The monoisotopic (exact) mass is 595 g/mol. The summed E-state index contributed by atoms with van der Waals surface area (Å²) in [6, 6.07) is 16.4. The van der Waals surface area contributed by atoms with Crippen LogP contribution in [0.1, 0.15) is 40.4 Å². The molecule has 2 heterocycles. The van der Waals surface area contributed by atoms with E-state index >= 15 is 0 Å². The van der Waals surface area contributed by atoms with Crippen LogP contribution in [-0.2, 0) is 30.3 Å². The Morgan fingerprint density at radius 3 is 2.35 bits per heavy atom. The molecule has 1 radical (unpaired) electrons. The Bertz CT molecular complexity index is 1350. The number of ketones is 1. The van der Waals surface area contributed by atoms with E-state index in [0.29, 0.717) is 11.0 Å². The molecule has 31 heavy (non-hydrogen) atoms. The third-order valence-electron chi connectivity index (χ3n) is 4.37. The number of carbonyl (C=O) groups excluding carboxylic acids is 1. The number of allylic oxidation sites excluding steroid dienone is 2. The Morgan fingerprint density at radius 1 is 1.10 bits per heavy atom. The predicted octanol–water partition coefficient (Wildman–Crippen LogP) is 4.53. The maximum atomic E-state index is 12.4. The van der Waals surface area contributed by atoms with Gasteiger partial charge in [-0.15, -0.1) is 24.3 Å². The summed E-state index contributed by atoms with van der Waals surface area (Å²) >= 11 is 0. The summed E-state index contributed by atoms with van der Waals surface area (Å²) in [7, 11) is 0. The summed E-state index contributed by atoms with van der Waals surface area (Å²) in [5, 5.41) is 9.73. The SMILES string of the molecule is CC(=O)C=C(C)O.CC(C)(C)c1nc2ccc[c-]c2c2nc(=O)c3ccccc3n12.[Ir]. The number of aromatic nitrogens is 3. The molecule has 0 atom stereocenters. The van der Waals surface area contributed by atoms with Gasteiger partial charge in [-0.25, -0.2) is 4.98 Å². The fraction of sp³-hybridized carbons (Fsp3) is 0.250. The van der Waals surface area contributed by atoms with Gasteiger partial charge in [0, 0.05) is 31.6 Å². The van der Waals surface area contributed by atoms with Crippen molar-refractivity contribution in [1.82, 2.24) is 14.4 Å². The van der Waals surface area contributed by atoms with Gasteiger partial charge in [-0.1, -0.05) is 38.3 Å². The molecule has 0 aliphatic heterocycles. The number of aliphatic hydroxyl groups excluding tert-OH is 1. The zero-order valence-corrected chi connectivity index (χ0v) is 20.5. The van der Waals surface area contributed by atoms with Crippen molar-refractivity contribution in [2.24, 2.45) is 0 Å². The second kappa shape index (κ2) is 9.50. The van der Waals surface area contributed by atoms with E-state index in [-0.39, 0.29) is 42.6 Å². The summed E-state index contributed by atoms with van der Waals surface area (Å²) in [5.41, 5.74) is 1.84. The Morgan fingerprint density at radius 2 is 1.77 bits per heavy atom. The first-order valence-corrected chi connectivity index (χ1v) is 9.60. The molecule has 2 aromatic heterocycles. The maximum Gasteiger partial charge on any atom is 0.271 e. The number of aliphatic hydroxyl groups is 1. The van der Waals surface area contributed by atoms with Gasteiger partial charge in [0.05, 0.1) is 22.3 Å². The Balaban J connectivity index is 0.000000373. The smallest absolute Gasteiger partial charge is 0.271 e. The summed E-state index contributed by atoms with van der Waals surface area (Å²) in [6.45, 7) is 9.18. The van der Waals surface area contributed by atoms with E-state index < -0.39 is 0 Å². The minimum Gasteiger partial charge on any atom is -0.512 e. The minimum absolute atomic E-state index is 0. The van der Waals surface area contributed by atoms with Crippen LogP contribution in [-0.4, -0.2) is 25.3 Å². The average Bonchev–Trinajstić information content (AvgIpc) is 2.66. The van der Waals surface area contributed by atoms with Gasteiger partial charge in [0.1, 0.15) is 5.82 Å². The molecule has 0 amide bonds. The second-order valence-electron chi connectivity index (χ2n) is 8.11. The second-order valence-corrected chi connectivity index (χ2v) is 8.11. The number of para-hydroxylation sites is 1. The number of fused-ring (bicyclic) bond motifs is 5. The van der Waals surface area contributed by atoms with Crippen molar-refractivity contribution in [1.29, 1.82) is 0 Å². The van der Waals surface area contributed by atoms with Crippen LogP contribution in [0.2, 0.25) is 0 Å². The molecule has 0 spiro atoms. The quantitative estimate of drug-likeness (QED) is 0.152. The van der Waals surface area contributed by atoms with Gasteiger partial charge in [-0.2, -0.15) is 0 Å². The van der Waals surface area contributed by atoms with Crippen LogP contribution in [0, 0.1) is 6.07 Å². The average molecular weight is 595 g/mol. The third kappa shape index (κ3) is 5.24. The molecule has 0 saturated heterocycles. The topological polar surface area (TPSA) is 84.6 Å². The molecule has 4 aromatic rings. The number of benzene rings is 2. The first-order valence-electron chi connectivity index (χ1n) is 9.60. The molecule has 6 nitrogen and oxygen atoms in total. The Kier molecular flexibility index (Phi) is 7.47. The van der Waals surface area contributed by atoms with Crippen molar-refractivity contribution in [3.05, 3.63) is 76.5 Å². The summed E-state index contributed by atoms with van der Waals surface area (Å²) in [4.78, 5) is 31.6. The molecule has 1 N–H and O–H groups in total. The van der Waals surface area contributed by atoms with E-state index in [1.807, 2.05) is 46.9 Å². The van der Waals surface area contributed by atoms with Crippen molar-refractivity contribution < 1.29 is 30.0 Å². The molecule has 0 fully saturated rings. The van der Waals surface area contributed by atoms with Crippen LogP contribution < -0.4 is 5.56 Å². The number of nitrogens with zero attached hydrogens (tertiary/aromatic N) is 3. The van der Waals surface area contributed by atoms with Crippen LogP contribution >= 0.6 is 0 Å². The standard InChI is InChI=1S/C19H16N3O.C5H8O2.Ir/c1-19(2,3)18-20-14-10-6-4-8-12(14)16-21-17(23)13-9-5-7-11-15(13)22(16)18;1-4(6)3-5(2)7;/h4-7,9-11H,1-3H3;3,6H,1-2H3;/q-1;;. The van der Waals surface area contributed by atoms with Gasteiger partial charge in [-0.05, 0) is 31.5 Å². The van der Waals surface area contributed by atoms with Crippen LogP contribution in [0.4, 0.5) is 0 Å². The van der Waals surface area contributed by atoms with Gasteiger partial charge in [0.2, 0.25) is 0 Å². The molecule has 4 rings (SSSR count). The number of hydrogen-bond acceptors (Lipinski definition) is 5. The van der Waals surface area contributed by atoms with Crippen molar-refractivity contribution in [2.45, 2.75) is 40.0 Å². The predicted molar refractivity (Wildman–Crippen MR) is 119 cm³/mol. The molecular weight excluding hydrogens is 570 g/mol. The van der Waals surface area contributed by atoms with Crippen LogP contribution in [0.3, 0.4) is 0 Å². The van der Waals surface area contributed by atoms with Crippen molar-refractivity contribution >= 4 is 33.2 Å². The number of rotatable bonds is 1. The zero-order valence-electron chi connectivity index (χ0n) is 18.1. The molecular formula is C24H24IrN3O3-. The van der Waals surface area contributed by atoms with Crippen molar-refractivity contribution in [2.75, 3.05) is 0 Å². The Hall–Kier alpha value is -2.89. The van der Waals surface area contributed by atoms with Gasteiger partial charge in [0.25, 0.3) is 5.56 Å². The molecule has 0 aliphatic carbocycles. The van der Waals surface area contributed by atoms with Gasteiger partial charge in [-0.3, -0.25) is 14.6 Å². The normalized spacial score (nSPS) is 11.7. The molecule has 2 aromatic carbocycles. The zero-order chi connectivity index (χ0) is 22.1. The summed E-state index contributed by atoms with van der Waals surface area (Å²) in [5.74, 6) is 0.816. The largest absolute Gasteiger partial charge is 0.512 e. The van der Waals surface area contributed by atoms with Gasteiger partial charge >= 0.3 is 0 Å². The van der Waals surface area contributed by atoms with Crippen molar-refractivity contribution in [3.63, 3.8) is 0 Å². The molecule has 163 valence electrons. The van der Waals surface area contributed by atoms with Gasteiger partial charge < -0.3 is 9.51 Å². The molecule has 0 saturated carbocycles. The summed E-state index contributed by atoms with van der Waals surface area (Å²) in [6.07, 6.45) is 1.17. The van der Waals surface area contributed by atoms with E-state index in [9.17, 15) is 9.59 Å². The number of carbonyl (C=O) groups is 1. The first kappa shape index (κ1) is 24.4. The fourth-order valence-electron chi connectivity index (χ4n) is 3.21. The molecule has 0 unspecified atom stereocenters. The molecule has 0 bridgehead atoms. The third-order valence-corrected chi connectivity index (χ3v) is 4.37. The van der Waals surface area contributed by atoms with Crippen molar-refractivity contribution in [3.8, 4) is 0 Å². The fourth-order valence-corrected chi connectivity index (χ4v) is 3.21. The van der Waals surface area contributed by atoms with Gasteiger partial charge in [0.15, 0.2) is 5.78 Å². The number of hydrogen-bond donors (Lipinski definition) is 1. The first-order chi connectivity index (χ1) is 14.1. The minimum atomic E-state index is -0.217. The van der Waals surface area contributed by atoms with E-state index in [2.05, 4.69) is 31.8 Å².